The van der Waals surface area contributed by atoms with Crippen molar-refractivity contribution >= 4 is 0 Å². The summed E-state index contributed by atoms with van der Waals surface area (Å²) in [7, 11) is 0. The molecule has 0 radical (unpaired) electrons. The van der Waals surface area contributed by atoms with E-state index in [4.69, 9.17) is 4.74 Å². The number of nitrogens with one attached hydrogen (secondary N) is 1. The van der Waals surface area contributed by atoms with Crippen LogP contribution in [0.5, 0.6) is 5.75 Å². The third-order valence-electron chi connectivity index (χ3n) is 3.27. The molecule has 0 spiro atoms. The van der Waals surface area contributed by atoms with Gasteiger partial charge in [0.25, 0.3) is 0 Å². The molecule has 2 aromatic rings. The van der Waals surface area contributed by atoms with Gasteiger partial charge < -0.3 is 10.1 Å². The third kappa shape index (κ3) is 3.81. The minimum absolute atomic E-state index is 0.235. The van der Waals surface area contributed by atoms with Crippen molar-refractivity contribution in [1.82, 2.24) is 10.3 Å². The van der Waals surface area contributed by atoms with Crippen molar-refractivity contribution in [3.05, 3.63) is 59.4 Å². The largest absolute Gasteiger partial charge is 0.494 e. The summed E-state index contributed by atoms with van der Waals surface area (Å²) in [5.41, 5.74) is 3.43. The highest BCUT2D eigenvalue weighted by Gasteiger charge is 2.10. The number of ether oxygens (including phenoxy) is 1. The van der Waals surface area contributed by atoms with Gasteiger partial charge in [-0.05, 0) is 38.5 Å². The van der Waals surface area contributed by atoms with Gasteiger partial charge in [-0.1, -0.05) is 24.3 Å². The number of para-hydroxylation sites is 1. The van der Waals surface area contributed by atoms with Crippen LogP contribution >= 0.6 is 0 Å². The lowest BCUT2D eigenvalue weighted by molar-refractivity contribution is 0.332. The summed E-state index contributed by atoms with van der Waals surface area (Å²) in [6.45, 7) is 7.64. The van der Waals surface area contributed by atoms with Crippen LogP contribution in [0.3, 0.4) is 0 Å². The maximum atomic E-state index is 5.67. The molecule has 0 fully saturated rings. The van der Waals surface area contributed by atoms with Crippen LogP contribution < -0.4 is 10.1 Å². The standard InChI is InChI=1S/C17H22N2O/c1-4-20-17-8-6-5-7-16(17)14(3)19-12-15-10-9-13(2)18-11-15/h5-11,14,19H,4,12H2,1-3H3. The molecule has 3 heteroatoms. The van der Waals surface area contributed by atoms with Gasteiger partial charge in [0.05, 0.1) is 6.61 Å². The highest BCUT2D eigenvalue weighted by molar-refractivity contribution is 5.35. The maximum Gasteiger partial charge on any atom is 0.124 e. The molecule has 1 N–H and O–H groups in total. The molecular formula is C17H22N2O. The molecule has 0 aliphatic rings. The topological polar surface area (TPSA) is 34.1 Å². The van der Waals surface area contributed by atoms with Crippen molar-refractivity contribution in [2.24, 2.45) is 0 Å². The fourth-order valence-electron chi connectivity index (χ4n) is 2.11. The molecule has 0 aliphatic heterocycles. The Hall–Kier alpha value is -1.87. The van der Waals surface area contributed by atoms with Crippen LogP contribution in [0.25, 0.3) is 0 Å². The molecule has 0 aliphatic carbocycles. The second-order valence-corrected chi connectivity index (χ2v) is 4.88. The summed E-state index contributed by atoms with van der Waals surface area (Å²) in [5, 5.41) is 3.51. The van der Waals surface area contributed by atoms with Gasteiger partial charge in [0.2, 0.25) is 0 Å². The van der Waals surface area contributed by atoms with Crippen LogP contribution in [-0.2, 0) is 6.54 Å². The first kappa shape index (κ1) is 14.5. The summed E-state index contributed by atoms with van der Waals surface area (Å²) in [4.78, 5) is 4.31. The monoisotopic (exact) mass is 270 g/mol. The van der Waals surface area contributed by atoms with Crippen LogP contribution in [-0.4, -0.2) is 11.6 Å². The Morgan fingerprint density at radius 1 is 1.20 bits per heavy atom. The normalized spacial score (nSPS) is 12.2. The second kappa shape index (κ2) is 7.06. The van der Waals surface area contributed by atoms with Crippen LogP contribution in [0.1, 0.15) is 36.7 Å². The van der Waals surface area contributed by atoms with Crippen LogP contribution in [0.15, 0.2) is 42.6 Å². The summed E-state index contributed by atoms with van der Waals surface area (Å²) in [5.74, 6) is 0.956. The fraction of sp³-hybridized carbons (Fsp3) is 0.353. The molecule has 0 amide bonds. The van der Waals surface area contributed by atoms with E-state index in [-0.39, 0.29) is 6.04 Å². The first-order valence-electron chi connectivity index (χ1n) is 7.07. The Morgan fingerprint density at radius 2 is 2.00 bits per heavy atom. The Bertz CT molecular complexity index is 537. The SMILES string of the molecule is CCOc1ccccc1C(C)NCc1ccc(C)nc1. The summed E-state index contributed by atoms with van der Waals surface area (Å²) in [6.07, 6.45) is 1.92. The lowest BCUT2D eigenvalue weighted by Gasteiger charge is -2.18. The summed E-state index contributed by atoms with van der Waals surface area (Å²) >= 11 is 0. The van der Waals surface area contributed by atoms with Gasteiger partial charge in [-0.2, -0.15) is 0 Å². The number of benzene rings is 1. The quantitative estimate of drug-likeness (QED) is 0.870. The molecular weight excluding hydrogens is 248 g/mol. The molecule has 3 nitrogen and oxygen atoms in total. The van der Waals surface area contributed by atoms with Gasteiger partial charge in [-0.3, -0.25) is 4.98 Å². The van der Waals surface area contributed by atoms with Crippen LogP contribution in [0.4, 0.5) is 0 Å². The molecule has 106 valence electrons. The van der Waals surface area contributed by atoms with E-state index in [1.54, 1.807) is 0 Å². The average Bonchev–Trinajstić information content (AvgIpc) is 2.47. The highest BCUT2D eigenvalue weighted by Crippen LogP contribution is 2.24. The lowest BCUT2D eigenvalue weighted by Crippen LogP contribution is -2.19. The molecule has 2 rings (SSSR count). The molecule has 1 heterocycles. The Balaban J connectivity index is 2.01. The van der Waals surface area contributed by atoms with E-state index >= 15 is 0 Å². The molecule has 20 heavy (non-hydrogen) atoms. The first-order valence-corrected chi connectivity index (χ1v) is 7.07. The molecule has 0 bridgehead atoms. The van der Waals surface area contributed by atoms with Gasteiger partial charge in [0, 0.05) is 30.0 Å². The van der Waals surface area contributed by atoms with Crippen molar-refractivity contribution in [2.75, 3.05) is 6.61 Å². The minimum atomic E-state index is 0.235. The van der Waals surface area contributed by atoms with Crippen LogP contribution in [0.2, 0.25) is 0 Å². The number of hydrogen-bond donors (Lipinski definition) is 1. The molecule has 1 unspecified atom stereocenters. The zero-order valence-corrected chi connectivity index (χ0v) is 12.4. The van der Waals surface area contributed by atoms with E-state index in [0.717, 1.165) is 18.0 Å². The fourth-order valence-corrected chi connectivity index (χ4v) is 2.11. The van der Waals surface area contributed by atoms with Gasteiger partial charge in [0.15, 0.2) is 0 Å². The third-order valence-corrected chi connectivity index (χ3v) is 3.27. The first-order chi connectivity index (χ1) is 9.70. The zero-order chi connectivity index (χ0) is 14.4. The molecule has 1 atom stereocenters. The van der Waals surface area contributed by atoms with E-state index in [1.165, 1.54) is 11.1 Å². The predicted octanol–water partition coefficient (Wildman–Crippen LogP) is 3.64. The molecule has 1 aromatic heterocycles. The number of nitrogens with zero attached hydrogens (tertiary/aromatic N) is 1. The zero-order valence-electron chi connectivity index (χ0n) is 12.4. The number of hydrogen-bond acceptors (Lipinski definition) is 3. The minimum Gasteiger partial charge on any atom is -0.494 e. The second-order valence-electron chi connectivity index (χ2n) is 4.88. The number of pyridine rings is 1. The van der Waals surface area contributed by atoms with Crippen molar-refractivity contribution in [3.63, 3.8) is 0 Å². The Morgan fingerprint density at radius 3 is 2.70 bits per heavy atom. The molecule has 0 saturated carbocycles. The number of rotatable bonds is 6. The van der Waals surface area contributed by atoms with E-state index in [0.29, 0.717) is 6.61 Å². The van der Waals surface area contributed by atoms with Crippen molar-refractivity contribution in [1.29, 1.82) is 0 Å². The van der Waals surface area contributed by atoms with E-state index < -0.39 is 0 Å². The summed E-state index contributed by atoms with van der Waals surface area (Å²) < 4.78 is 5.67. The Labute approximate surface area is 121 Å². The van der Waals surface area contributed by atoms with Crippen molar-refractivity contribution < 1.29 is 4.74 Å². The van der Waals surface area contributed by atoms with E-state index in [2.05, 4.69) is 29.4 Å². The summed E-state index contributed by atoms with van der Waals surface area (Å²) in [6, 6.07) is 12.6. The van der Waals surface area contributed by atoms with Gasteiger partial charge in [0.1, 0.15) is 5.75 Å². The number of aromatic nitrogens is 1. The van der Waals surface area contributed by atoms with E-state index in [9.17, 15) is 0 Å². The number of aryl methyl sites for hydroxylation is 1. The van der Waals surface area contributed by atoms with Crippen molar-refractivity contribution in [3.8, 4) is 5.75 Å². The van der Waals surface area contributed by atoms with Crippen molar-refractivity contribution in [2.45, 2.75) is 33.4 Å². The Kier molecular flexibility index (Phi) is 5.13. The molecule has 1 aromatic carbocycles. The van der Waals surface area contributed by atoms with Gasteiger partial charge in [-0.15, -0.1) is 0 Å². The highest BCUT2D eigenvalue weighted by atomic mass is 16.5. The average molecular weight is 270 g/mol. The predicted molar refractivity (Wildman–Crippen MR) is 81.8 cm³/mol. The van der Waals surface area contributed by atoms with E-state index in [1.807, 2.05) is 44.3 Å². The smallest absolute Gasteiger partial charge is 0.124 e. The van der Waals surface area contributed by atoms with Gasteiger partial charge >= 0.3 is 0 Å². The van der Waals surface area contributed by atoms with Gasteiger partial charge in [-0.25, -0.2) is 0 Å². The van der Waals surface area contributed by atoms with Crippen LogP contribution in [0, 0.1) is 6.92 Å². The molecule has 0 saturated heterocycles. The maximum absolute atomic E-state index is 5.67. The lowest BCUT2D eigenvalue weighted by atomic mass is 10.1.